The van der Waals surface area contributed by atoms with Gasteiger partial charge in [-0.25, -0.2) is 4.98 Å². The first-order chi connectivity index (χ1) is 10.7. The van der Waals surface area contributed by atoms with Gasteiger partial charge < -0.3 is 10.2 Å². The average Bonchev–Trinajstić information content (AvgIpc) is 2.57. The Balaban J connectivity index is 1.83. The summed E-state index contributed by atoms with van der Waals surface area (Å²) in [6.07, 6.45) is 9.95. The maximum atomic E-state index is 12.1. The molecule has 1 aliphatic rings. The molecule has 1 amide bonds. The number of hydrogen-bond donors (Lipinski definition) is 1. The third-order valence-electron chi connectivity index (χ3n) is 4.21. The van der Waals surface area contributed by atoms with E-state index in [9.17, 15) is 4.79 Å². The molecule has 22 heavy (non-hydrogen) atoms. The van der Waals surface area contributed by atoms with Crippen molar-refractivity contribution in [2.24, 2.45) is 0 Å². The van der Waals surface area contributed by atoms with Crippen molar-refractivity contribution in [1.82, 2.24) is 10.3 Å². The SMILES string of the molecule is CCN(CC)c1ccc(C(=O)NCCC2=CCCCC2)cn1. The van der Waals surface area contributed by atoms with Gasteiger partial charge >= 0.3 is 0 Å². The molecule has 0 aromatic carbocycles. The fraction of sp³-hybridized carbons (Fsp3) is 0.556. The molecule has 0 unspecified atom stereocenters. The Morgan fingerprint density at radius 2 is 2.09 bits per heavy atom. The molecule has 0 radical (unpaired) electrons. The Hall–Kier alpha value is -1.84. The molecular formula is C18H27N3O. The number of anilines is 1. The van der Waals surface area contributed by atoms with E-state index in [1.165, 1.54) is 31.3 Å². The van der Waals surface area contributed by atoms with Crippen molar-refractivity contribution in [3.05, 3.63) is 35.5 Å². The molecule has 1 aromatic rings. The Morgan fingerprint density at radius 1 is 1.27 bits per heavy atom. The number of allylic oxidation sites excluding steroid dienone is 1. The fourth-order valence-electron chi connectivity index (χ4n) is 2.83. The molecule has 1 N–H and O–H groups in total. The number of pyridine rings is 1. The smallest absolute Gasteiger partial charge is 0.252 e. The molecule has 4 heteroatoms. The zero-order chi connectivity index (χ0) is 15.8. The topological polar surface area (TPSA) is 45.2 Å². The zero-order valence-electron chi connectivity index (χ0n) is 13.8. The molecule has 0 spiro atoms. The highest BCUT2D eigenvalue weighted by atomic mass is 16.1. The number of nitrogens with one attached hydrogen (secondary N) is 1. The third kappa shape index (κ3) is 4.58. The van der Waals surface area contributed by atoms with E-state index >= 15 is 0 Å². The summed E-state index contributed by atoms with van der Waals surface area (Å²) >= 11 is 0. The van der Waals surface area contributed by atoms with Crippen molar-refractivity contribution in [2.45, 2.75) is 46.0 Å². The van der Waals surface area contributed by atoms with Gasteiger partial charge in [0.25, 0.3) is 5.91 Å². The standard InChI is InChI=1S/C18H27N3O/c1-3-21(4-2)17-11-10-16(14-20-17)18(22)19-13-12-15-8-6-5-7-9-15/h8,10-11,14H,3-7,9,12-13H2,1-2H3,(H,19,22). The van der Waals surface area contributed by atoms with Crippen LogP contribution in [-0.4, -0.2) is 30.5 Å². The molecule has 120 valence electrons. The van der Waals surface area contributed by atoms with Gasteiger partial charge in [-0.2, -0.15) is 0 Å². The lowest BCUT2D eigenvalue weighted by atomic mass is 9.97. The fourth-order valence-corrected chi connectivity index (χ4v) is 2.83. The molecule has 0 saturated carbocycles. The molecule has 2 rings (SSSR count). The molecule has 0 atom stereocenters. The molecule has 1 aromatic heterocycles. The first-order valence-corrected chi connectivity index (χ1v) is 8.41. The Morgan fingerprint density at radius 3 is 2.68 bits per heavy atom. The number of nitrogens with zero attached hydrogens (tertiary/aromatic N) is 2. The summed E-state index contributed by atoms with van der Waals surface area (Å²) in [5.74, 6) is 0.893. The first-order valence-electron chi connectivity index (χ1n) is 8.41. The molecular weight excluding hydrogens is 274 g/mol. The molecule has 0 saturated heterocycles. The second-order valence-corrected chi connectivity index (χ2v) is 5.69. The summed E-state index contributed by atoms with van der Waals surface area (Å²) in [5.41, 5.74) is 2.12. The van der Waals surface area contributed by atoms with E-state index in [0.29, 0.717) is 12.1 Å². The maximum absolute atomic E-state index is 12.1. The van der Waals surface area contributed by atoms with Crippen LogP contribution in [0.3, 0.4) is 0 Å². The van der Waals surface area contributed by atoms with Crippen molar-refractivity contribution in [3.8, 4) is 0 Å². The number of aromatic nitrogens is 1. The number of carbonyl (C=O) groups is 1. The third-order valence-corrected chi connectivity index (χ3v) is 4.21. The number of rotatable bonds is 7. The van der Waals surface area contributed by atoms with Crippen LogP contribution in [0.1, 0.15) is 56.3 Å². The second kappa shape index (κ2) is 8.57. The predicted molar refractivity (Wildman–Crippen MR) is 91.3 cm³/mol. The minimum Gasteiger partial charge on any atom is -0.357 e. The summed E-state index contributed by atoms with van der Waals surface area (Å²) in [6.45, 7) is 6.76. The van der Waals surface area contributed by atoms with Crippen LogP contribution in [0.2, 0.25) is 0 Å². The van der Waals surface area contributed by atoms with Crippen LogP contribution in [0.4, 0.5) is 5.82 Å². The van der Waals surface area contributed by atoms with Crippen LogP contribution >= 0.6 is 0 Å². The summed E-state index contributed by atoms with van der Waals surface area (Å²) in [5, 5.41) is 2.99. The lowest BCUT2D eigenvalue weighted by molar-refractivity contribution is 0.0953. The van der Waals surface area contributed by atoms with Gasteiger partial charge in [-0.15, -0.1) is 0 Å². The van der Waals surface area contributed by atoms with Crippen LogP contribution in [0.25, 0.3) is 0 Å². The van der Waals surface area contributed by atoms with Crippen molar-refractivity contribution in [1.29, 1.82) is 0 Å². The lowest BCUT2D eigenvalue weighted by Gasteiger charge is -2.19. The van der Waals surface area contributed by atoms with Crippen molar-refractivity contribution in [3.63, 3.8) is 0 Å². The minimum absolute atomic E-state index is 0.0324. The van der Waals surface area contributed by atoms with Gasteiger partial charge in [0.1, 0.15) is 5.82 Å². The zero-order valence-corrected chi connectivity index (χ0v) is 13.8. The lowest BCUT2D eigenvalue weighted by Crippen LogP contribution is -2.26. The van der Waals surface area contributed by atoms with Crippen molar-refractivity contribution < 1.29 is 4.79 Å². The van der Waals surface area contributed by atoms with Crippen LogP contribution < -0.4 is 10.2 Å². The second-order valence-electron chi connectivity index (χ2n) is 5.69. The van der Waals surface area contributed by atoms with E-state index in [0.717, 1.165) is 25.3 Å². The highest BCUT2D eigenvalue weighted by Gasteiger charge is 2.09. The molecule has 0 fully saturated rings. The van der Waals surface area contributed by atoms with E-state index in [-0.39, 0.29) is 5.91 Å². The van der Waals surface area contributed by atoms with E-state index < -0.39 is 0 Å². The predicted octanol–water partition coefficient (Wildman–Crippen LogP) is 3.55. The average molecular weight is 301 g/mol. The van der Waals surface area contributed by atoms with E-state index in [1.807, 2.05) is 12.1 Å². The normalized spacial score (nSPS) is 14.4. The van der Waals surface area contributed by atoms with Gasteiger partial charge in [-0.05, 0) is 58.1 Å². The van der Waals surface area contributed by atoms with Crippen LogP contribution in [-0.2, 0) is 0 Å². The van der Waals surface area contributed by atoms with Gasteiger partial charge in [0.15, 0.2) is 0 Å². The summed E-state index contributed by atoms with van der Waals surface area (Å²) < 4.78 is 0. The highest BCUT2D eigenvalue weighted by Crippen LogP contribution is 2.19. The molecule has 1 heterocycles. The van der Waals surface area contributed by atoms with Crippen molar-refractivity contribution in [2.75, 3.05) is 24.5 Å². The Kier molecular flexibility index (Phi) is 6.44. The van der Waals surface area contributed by atoms with Gasteiger partial charge in [0, 0.05) is 25.8 Å². The Bertz CT molecular complexity index is 504. The van der Waals surface area contributed by atoms with Crippen LogP contribution in [0, 0.1) is 0 Å². The highest BCUT2D eigenvalue weighted by molar-refractivity contribution is 5.94. The number of amides is 1. The summed E-state index contributed by atoms with van der Waals surface area (Å²) in [4.78, 5) is 18.7. The maximum Gasteiger partial charge on any atom is 0.252 e. The first kappa shape index (κ1) is 16.5. The quantitative estimate of drug-likeness (QED) is 0.783. The summed E-state index contributed by atoms with van der Waals surface area (Å²) in [7, 11) is 0. The van der Waals surface area contributed by atoms with Gasteiger partial charge in [-0.3, -0.25) is 4.79 Å². The minimum atomic E-state index is -0.0324. The van der Waals surface area contributed by atoms with Gasteiger partial charge in [0.2, 0.25) is 0 Å². The largest absolute Gasteiger partial charge is 0.357 e. The van der Waals surface area contributed by atoms with E-state index in [2.05, 4.69) is 35.1 Å². The van der Waals surface area contributed by atoms with Crippen LogP contribution in [0.5, 0.6) is 0 Å². The van der Waals surface area contributed by atoms with Crippen LogP contribution in [0.15, 0.2) is 30.0 Å². The molecule has 4 nitrogen and oxygen atoms in total. The molecule has 1 aliphatic carbocycles. The van der Waals surface area contributed by atoms with Gasteiger partial charge in [0.05, 0.1) is 5.56 Å². The van der Waals surface area contributed by atoms with Crippen molar-refractivity contribution >= 4 is 11.7 Å². The number of hydrogen-bond acceptors (Lipinski definition) is 3. The molecule has 0 bridgehead atoms. The van der Waals surface area contributed by atoms with E-state index in [1.54, 1.807) is 6.20 Å². The Labute approximate surface area is 133 Å². The monoisotopic (exact) mass is 301 g/mol. The summed E-state index contributed by atoms with van der Waals surface area (Å²) in [6, 6.07) is 3.78. The molecule has 0 aliphatic heterocycles. The van der Waals surface area contributed by atoms with Gasteiger partial charge in [-0.1, -0.05) is 11.6 Å². The van der Waals surface area contributed by atoms with E-state index in [4.69, 9.17) is 0 Å². The number of carbonyl (C=O) groups excluding carboxylic acids is 1.